The van der Waals surface area contributed by atoms with Gasteiger partial charge in [0.25, 0.3) is 5.91 Å². The number of carbonyl (C=O) groups excluding carboxylic acids is 2. The van der Waals surface area contributed by atoms with E-state index in [1.807, 2.05) is 44.3 Å². The largest absolute Gasteiger partial charge is 0.495 e. The third kappa shape index (κ3) is 4.36. The number of cyclic esters (lactones) is 1. The van der Waals surface area contributed by atoms with Gasteiger partial charge in [0, 0.05) is 32.4 Å². The lowest BCUT2D eigenvalue weighted by Gasteiger charge is -2.35. The zero-order chi connectivity index (χ0) is 24.5. The molecule has 0 N–H and O–H groups in total. The summed E-state index contributed by atoms with van der Waals surface area (Å²) >= 11 is 0. The first-order chi connectivity index (χ1) is 17.0. The molecule has 2 aliphatic heterocycles. The number of piperidine rings is 1. The van der Waals surface area contributed by atoms with Gasteiger partial charge < -0.3 is 24.0 Å². The molecular formula is C25H29N5O5. The summed E-state index contributed by atoms with van der Waals surface area (Å²) < 4.78 is 18.6. The maximum Gasteiger partial charge on any atom is 0.410 e. The molecule has 0 saturated carbocycles. The van der Waals surface area contributed by atoms with Crippen molar-refractivity contribution in [1.29, 1.82) is 0 Å². The molecule has 3 aromatic rings. The van der Waals surface area contributed by atoms with Crippen LogP contribution in [0.25, 0.3) is 11.0 Å². The Labute approximate surface area is 203 Å². The summed E-state index contributed by atoms with van der Waals surface area (Å²) in [6.07, 6.45) is 2.28. The summed E-state index contributed by atoms with van der Waals surface area (Å²) in [6.45, 7) is 3.74. The monoisotopic (exact) mass is 479 g/mol. The van der Waals surface area contributed by atoms with Crippen LogP contribution in [0.15, 0.2) is 36.5 Å². The highest BCUT2D eigenvalue weighted by Crippen LogP contribution is 2.32. The number of nitrogens with zero attached hydrogens (tertiary/aromatic N) is 5. The van der Waals surface area contributed by atoms with Gasteiger partial charge in [0.1, 0.15) is 23.7 Å². The Morgan fingerprint density at radius 3 is 2.66 bits per heavy atom. The van der Waals surface area contributed by atoms with Gasteiger partial charge in [0.2, 0.25) is 0 Å². The molecule has 0 bridgehead atoms. The first kappa shape index (κ1) is 22.9. The molecule has 0 aliphatic carbocycles. The van der Waals surface area contributed by atoms with Crippen LogP contribution in [0.1, 0.15) is 28.9 Å². The molecule has 10 nitrogen and oxygen atoms in total. The van der Waals surface area contributed by atoms with Crippen molar-refractivity contribution in [1.82, 2.24) is 24.6 Å². The van der Waals surface area contributed by atoms with E-state index < -0.39 is 0 Å². The average molecular weight is 480 g/mol. The first-order valence-electron chi connectivity index (χ1n) is 11.8. The molecule has 184 valence electrons. The third-order valence-electron chi connectivity index (χ3n) is 6.69. The number of methoxy groups -OCH3 is 1. The molecule has 0 spiro atoms. The lowest BCUT2D eigenvalue weighted by Crippen LogP contribution is -2.47. The smallest absolute Gasteiger partial charge is 0.410 e. The fraction of sp³-hybridized carbons (Fsp3) is 0.440. The molecule has 10 heteroatoms. The Morgan fingerprint density at radius 1 is 1.20 bits per heavy atom. The number of aromatic nitrogens is 3. The van der Waals surface area contributed by atoms with Crippen LogP contribution in [0.5, 0.6) is 11.5 Å². The van der Waals surface area contributed by atoms with E-state index in [-0.39, 0.29) is 24.1 Å². The second kappa shape index (κ2) is 9.44. The van der Waals surface area contributed by atoms with Crippen molar-refractivity contribution >= 4 is 23.0 Å². The Kier molecular flexibility index (Phi) is 6.19. The van der Waals surface area contributed by atoms with E-state index in [9.17, 15) is 9.59 Å². The quantitative estimate of drug-likeness (QED) is 0.536. The maximum atomic E-state index is 13.4. The van der Waals surface area contributed by atoms with Gasteiger partial charge in [-0.05, 0) is 31.9 Å². The van der Waals surface area contributed by atoms with Gasteiger partial charge in [-0.1, -0.05) is 18.2 Å². The molecular weight excluding hydrogens is 450 g/mol. The number of para-hydroxylation sites is 1. The van der Waals surface area contributed by atoms with Crippen LogP contribution >= 0.6 is 0 Å². The second-order valence-electron chi connectivity index (χ2n) is 8.92. The number of ether oxygens (including phenoxy) is 3. The zero-order valence-corrected chi connectivity index (χ0v) is 20.1. The molecule has 2 saturated heterocycles. The molecule has 2 aromatic heterocycles. The molecule has 2 fully saturated rings. The Hall–Kier alpha value is -3.82. The number of hydrogen-bond donors (Lipinski definition) is 0. The van der Waals surface area contributed by atoms with E-state index in [0.29, 0.717) is 56.0 Å². The number of aryl methyl sites for hydroxylation is 2. The number of pyridine rings is 1. The van der Waals surface area contributed by atoms with Gasteiger partial charge in [-0.15, -0.1) is 0 Å². The maximum absolute atomic E-state index is 13.4. The van der Waals surface area contributed by atoms with Crippen LogP contribution in [0.2, 0.25) is 0 Å². The SMILES string of the molecule is COc1c(C(=O)N2CCC(N3CC(COc4ccccc4)OC3=O)CC2)cnc2c1c(C)nn2C. The summed E-state index contributed by atoms with van der Waals surface area (Å²) in [5.41, 5.74) is 1.86. The van der Waals surface area contributed by atoms with E-state index in [0.717, 1.165) is 16.8 Å². The Balaban J connectivity index is 1.21. The van der Waals surface area contributed by atoms with Crippen LogP contribution < -0.4 is 9.47 Å². The fourth-order valence-corrected chi connectivity index (χ4v) is 4.93. The van der Waals surface area contributed by atoms with Gasteiger partial charge >= 0.3 is 6.09 Å². The van der Waals surface area contributed by atoms with Gasteiger partial charge in [-0.25, -0.2) is 9.78 Å². The van der Waals surface area contributed by atoms with Crippen LogP contribution in [0.3, 0.4) is 0 Å². The van der Waals surface area contributed by atoms with Crippen molar-refractivity contribution in [3.8, 4) is 11.5 Å². The molecule has 2 amide bonds. The third-order valence-corrected chi connectivity index (χ3v) is 6.69. The standard InChI is InChI=1S/C25H29N5O5/c1-16-21-22(33-3)20(13-26-23(21)28(2)27-16)24(31)29-11-9-17(10-12-29)30-14-19(35-25(30)32)15-34-18-7-5-4-6-8-18/h4-8,13,17,19H,9-12,14-15H2,1-3H3. The van der Waals surface area contributed by atoms with Gasteiger partial charge in [0.05, 0.1) is 24.7 Å². The topological polar surface area (TPSA) is 99.0 Å². The summed E-state index contributed by atoms with van der Waals surface area (Å²) in [5.74, 6) is 1.12. The number of fused-ring (bicyclic) bond motifs is 1. The van der Waals surface area contributed by atoms with E-state index in [2.05, 4.69) is 10.1 Å². The predicted octanol–water partition coefficient (Wildman–Crippen LogP) is 2.79. The molecule has 0 radical (unpaired) electrons. The summed E-state index contributed by atoms with van der Waals surface area (Å²) in [6, 6.07) is 9.50. The van der Waals surface area contributed by atoms with E-state index in [1.54, 1.807) is 27.8 Å². The molecule has 1 atom stereocenters. The van der Waals surface area contributed by atoms with E-state index in [1.165, 1.54) is 0 Å². The highest BCUT2D eigenvalue weighted by molar-refractivity contribution is 6.02. The van der Waals surface area contributed by atoms with Crippen LogP contribution in [-0.4, -0.2) is 82.1 Å². The predicted molar refractivity (Wildman–Crippen MR) is 128 cm³/mol. The van der Waals surface area contributed by atoms with Gasteiger partial charge in [0.15, 0.2) is 11.8 Å². The average Bonchev–Trinajstić information content (AvgIpc) is 3.40. The van der Waals surface area contributed by atoms with Crippen LogP contribution in [0.4, 0.5) is 4.79 Å². The number of benzene rings is 1. The van der Waals surface area contributed by atoms with E-state index >= 15 is 0 Å². The van der Waals surface area contributed by atoms with Crippen molar-refractivity contribution in [3.63, 3.8) is 0 Å². The molecule has 5 rings (SSSR count). The minimum atomic E-state index is -0.320. The molecule has 2 aliphatic rings. The van der Waals surface area contributed by atoms with Crippen molar-refractivity contribution in [3.05, 3.63) is 47.8 Å². The lowest BCUT2D eigenvalue weighted by atomic mass is 10.0. The molecule has 35 heavy (non-hydrogen) atoms. The second-order valence-corrected chi connectivity index (χ2v) is 8.92. The fourth-order valence-electron chi connectivity index (χ4n) is 4.93. The number of carbonyl (C=O) groups is 2. The van der Waals surface area contributed by atoms with Gasteiger partial charge in [-0.3, -0.25) is 9.48 Å². The van der Waals surface area contributed by atoms with Crippen LogP contribution in [0, 0.1) is 6.92 Å². The van der Waals surface area contributed by atoms with Crippen molar-refractivity contribution in [2.45, 2.75) is 31.9 Å². The summed E-state index contributed by atoms with van der Waals surface area (Å²) in [4.78, 5) is 33.9. The van der Waals surface area contributed by atoms with Crippen molar-refractivity contribution < 1.29 is 23.8 Å². The Morgan fingerprint density at radius 2 is 1.94 bits per heavy atom. The first-order valence-corrected chi connectivity index (χ1v) is 11.8. The van der Waals surface area contributed by atoms with Crippen molar-refractivity contribution in [2.24, 2.45) is 7.05 Å². The summed E-state index contributed by atoms with van der Waals surface area (Å²) in [5, 5.41) is 5.15. The highest BCUT2D eigenvalue weighted by atomic mass is 16.6. The van der Waals surface area contributed by atoms with Crippen molar-refractivity contribution in [2.75, 3.05) is 33.4 Å². The lowest BCUT2D eigenvalue weighted by molar-refractivity contribution is 0.0655. The molecule has 1 unspecified atom stereocenters. The zero-order valence-electron chi connectivity index (χ0n) is 20.1. The van der Waals surface area contributed by atoms with Gasteiger partial charge in [-0.2, -0.15) is 5.10 Å². The molecule has 4 heterocycles. The normalized spacial score (nSPS) is 18.7. The number of likely N-dealkylation sites (tertiary alicyclic amines) is 1. The minimum Gasteiger partial charge on any atom is -0.495 e. The van der Waals surface area contributed by atoms with E-state index in [4.69, 9.17) is 14.2 Å². The summed E-state index contributed by atoms with van der Waals surface area (Å²) in [7, 11) is 3.37. The number of hydrogen-bond acceptors (Lipinski definition) is 7. The highest BCUT2D eigenvalue weighted by Gasteiger charge is 2.38. The van der Waals surface area contributed by atoms with Crippen LogP contribution in [-0.2, 0) is 11.8 Å². The molecule has 1 aromatic carbocycles. The number of rotatable bonds is 6. The Bertz CT molecular complexity index is 1240. The minimum absolute atomic E-state index is 0.0244. The number of amides is 2.